The zero-order chi connectivity index (χ0) is 15.6. The van der Waals surface area contributed by atoms with Crippen molar-refractivity contribution in [2.24, 2.45) is 5.92 Å². The zero-order valence-corrected chi connectivity index (χ0v) is 13.9. The minimum absolute atomic E-state index is 0.501. The van der Waals surface area contributed by atoms with E-state index in [-0.39, 0.29) is 0 Å². The Morgan fingerprint density at radius 3 is 3.13 bits per heavy atom. The first kappa shape index (κ1) is 15.1. The number of aromatic nitrogens is 3. The fraction of sp³-hybridized carbons (Fsp3) is 0.667. The van der Waals surface area contributed by atoms with Gasteiger partial charge in [0.2, 0.25) is 0 Å². The standard InChI is InChI=1S/C18H26N4O/c1-2-21-9-4-5-15(12-21)22-17(11-14-7-10-23-13-14)20-16-6-3-8-19-18(16)22/h3,6,8,14-15H,2,4-5,7,9-13H2,1H3. The highest BCUT2D eigenvalue weighted by Gasteiger charge is 2.27. The summed E-state index contributed by atoms with van der Waals surface area (Å²) in [5.74, 6) is 1.81. The number of hydrogen-bond donors (Lipinski definition) is 0. The van der Waals surface area contributed by atoms with Crippen molar-refractivity contribution in [3.05, 3.63) is 24.2 Å². The Kier molecular flexibility index (Phi) is 4.31. The molecule has 0 radical (unpaired) electrons. The summed E-state index contributed by atoms with van der Waals surface area (Å²) in [7, 11) is 0. The molecule has 5 heteroatoms. The molecule has 2 aliphatic rings. The summed E-state index contributed by atoms with van der Waals surface area (Å²) in [6, 6.07) is 4.58. The molecule has 2 fully saturated rings. The van der Waals surface area contributed by atoms with Crippen LogP contribution in [0.3, 0.4) is 0 Å². The quantitative estimate of drug-likeness (QED) is 0.870. The van der Waals surface area contributed by atoms with Gasteiger partial charge in [-0.15, -0.1) is 0 Å². The highest BCUT2D eigenvalue weighted by Crippen LogP contribution is 2.29. The number of nitrogens with zero attached hydrogens (tertiary/aromatic N) is 4. The summed E-state index contributed by atoms with van der Waals surface area (Å²) in [6.07, 6.45) is 6.55. The Morgan fingerprint density at radius 2 is 2.30 bits per heavy atom. The summed E-state index contributed by atoms with van der Waals surface area (Å²) >= 11 is 0. The van der Waals surface area contributed by atoms with Gasteiger partial charge in [0.15, 0.2) is 5.65 Å². The Morgan fingerprint density at radius 1 is 1.35 bits per heavy atom. The summed E-state index contributed by atoms with van der Waals surface area (Å²) in [5.41, 5.74) is 2.10. The van der Waals surface area contributed by atoms with Crippen molar-refractivity contribution >= 4 is 11.2 Å². The van der Waals surface area contributed by atoms with Crippen LogP contribution in [-0.2, 0) is 11.2 Å². The Bertz CT molecular complexity index is 662. The summed E-state index contributed by atoms with van der Waals surface area (Å²) in [5, 5.41) is 0. The number of ether oxygens (including phenoxy) is 1. The van der Waals surface area contributed by atoms with Gasteiger partial charge in [0.1, 0.15) is 11.3 Å². The molecule has 0 bridgehead atoms. The van der Waals surface area contributed by atoms with Crippen LogP contribution in [0.1, 0.15) is 38.1 Å². The molecule has 124 valence electrons. The Hall–Kier alpha value is -1.46. The Labute approximate surface area is 137 Å². The number of likely N-dealkylation sites (tertiary alicyclic amines) is 1. The van der Waals surface area contributed by atoms with E-state index >= 15 is 0 Å². The number of hydrogen-bond acceptors (Lipinski definition) is 4. The maximum absolute atomic E-state index is 5.56. The van der Waals surface area contributed by atoms with Crippen LogP contribution in [-0.4, -0.2) is 52.3 Å². The van der Waals surface area contributed by atoms with Gasteiger partial charge in [-0.2, -0.15) is 0 Å². The van der Waals surface area contributed by atoms with E-state index in [9.17, 15) is 0 Å². The smallest absolute Gasteiger partial charge is 0.160 e. The van der Waals surface area contributed by atoms with Gasteiger partial charge in [-0.1, -0.05) is 6.92 Å². The summed E-state index contributed by atoms with van der Waals surface area (Å²) in [6.45, 7) is 7.50. The topological polar surface area (TPSA) is 43.2 Å². The van der Waals surface area contributed by atoms with Crippen molar-refractivity contribution in [2.45, 2.75) is 38.6 Å². The van der Waals surface area contributed by atoms with E-state index in [0.717, 1.165) is 50.3 Å². The fourth-order valence-corrected chi connectivity index (χ4v) is 4.04. The monoisotopic (exact) mass is 314 g/mol. The van der Waals surface area contributed by atoms with Crippen LogP contribution >= 0.6 is 0 Å². The van der Waals surface area contributed by atoms with Crippen LogP contribution in [0.25, 0.3) is 11.2 Å². The second-order valence-corrected chi connectivity index (χ2v) is 6.87. The molecule has 23 heavy (non-hydrogen) atoms. The molecule has 0 aliphatic carbocycles. The van der Waals surface area contributed by atoms with Crippen LogP contribution in [0.15, 0.2) is 18.3 Å². The SMILES string of the molecule is CCN1CCCC(n2c(CC3CCOC3)nc3cccnc32)C1. The van der Waals surface area contributed by atoms with Crippen molar-refractivity contribution < 1.29 is 4.74 Å². The van der Waals surface area contributed by atoms with Gasteiger partial charge in [0.05, 0.1) is 0 Å². The maximum Gasteiger partial charge on any atom is 0.160 e. The number of piperidine rings is 1. The van der Waals surface area contributed by atoms with Crippen LogP contribution in [0.5, 0.6) is 0 Å². The van der Waals surface area contributed by atoms with Crippen molar-refractivity contribution in [1.29, 1.82) is 0 Å². The first-order valence-electron chi connectivity index (χ1n) is 8.97. The van der Waals surface area contributed by atoms with Crippen molar-refractivity contribution in [2.75, 3.05) is 32.8 Å². The van der Waals surface area contributed by atoms with Gasteiger partial charge in [-0.3, -0.25) is 0 Å². The number of fused-ring (bicyclic) bond motifs is 1. The molecule has 2 atom stereocenters. The van der Waals surface area contributed by atoms with Crippen molar-refractivity contribution in [3.63, 3.8) is 0 Å². The van der Waals surface area contributed by atoms with E-state index in [2.05, 4.69) is 27.4 Å². The molecule has 4 heterocycles. The highest BCUT2D eigenvalue weighted by atomic mass is 16.5. The van der Waals surface area contributed by atoms with Crippen LogP contribution < -0.4 is 0 Å². The molecule has 0 spiro atoms. The third kappa shape index (κ3) is 3.00. The van der Waals surface area contributed by atoms with Crippen LogP contribution in [0.2, 0.25) is 0 Å². The lowest BCUT2D eigenvalue weighted by molar-refractivity contribution is 0.179. The first-order chi connectivity index (χ1) is 11.3. The van der Waals surface area contributed by atoms with E-state index in [1.165, 1.54) is 25.2 Å². The molecule has 0 N–H and O–H groups in total. The van der Waals surface area contributed by atoms with E-state index in [4.69, 9.17) is 9.72 Å². The molecule has 4 rings (SSSR count). The normalized spacial score (nSPS) is 26.1. The molecule has 2 aromatic heterocycles. The van der Waals surface area contributed by atoms with Gasteiger partial charge < -0.3 is 14.2 Å². The van der Waals surface area contributed by atoms with Crippen molar-refractivity contribution in [1.82, 2.24) is 19.4 Å². The predicted octanol–water partition coefficient (Wildman–Crippen LogP) is 2.67. The van der Waals surface area contributed by atoms with Crippen molar-refractivity contribution in [3.8, 4) is 0 Å². The molecule has 2 aromatic rings. The lowest BCUT2D eigenvalue weighted by Gasteiger charge is -2.33. The first-order valence-corrected chi connectivity index (χ1v) is 8.97. The van der Waals surface area contributed by atoms with Gasteiger partial charge in [0.25, 0.3) is 0 Å². The third-order valence-electron chi connectivity index (χ3n) is 5.31. The van der Waals surface area contributed by atoms with Crippen LogP contribution in [0, 0.1) is 5.92 Å². The largest absolute Gasteiger partial charge is 0.381 e. The van der Waals surface area contributed by atoms with Gasteiger partial charge in [-0.25, -0.2) is 9.97 Å². The van der Waals surface area contributed by atoms with Gasteiger partial charge >= 0.3 is 0 Å². The summed E-state index contributed by atoms with van der Waals surface area (Å²) < 4.78 is 8.00. The highest BCUT2D eigenvalue weighted by molar-refractivity contribution is 5.71. The molecule has 0 aromatic carbocycles. The van der Waals surface area contributed by atoms with E-state index in [1.54, 1.807) is 0 Å². The third-order valence-corrected chi connectivity index (χ3v) is 5.31. The molecule has 5 nitrogen and oxygen atoms in total. The maximum atomic E-state index is 5.56. The second kappa shape index (κ2) is 6.57. The molecular weight excluding hydrogens is 288 g/mol. The van der Waals surface area contributed by atoms with Crippen LogP contribution in [0.4, 0.5) is 0 Å². The average Bonchev–Trinajstić information content (AvgIpc) is 3.22. The number of imidazole rings is 1. The minimum Gasteiger partial charge on any atom is -0.381 e. The molecule has 0 saturated carbocycles. The zero-order valence-electron chi connectivity index (χ0n) is 13.9. The second-order valence-electron chi connectivity index (χ2n) is 6.87. The lowest BCUT2D eigenvalue weighted by Crippen LogP contribution is -2.37. The average molecular weight is 314 g/mol. The number of likely N-dealkylation sites (N-methyl/N-ethyl adjacent to an activating group) is 1. The predicted molar refractivity (Wildman–Crippen MR) is 90.5 cm³/mol. The molecule has 2 aliphatic heterocycles. The molecule has 2 saturated heterocycles. The van der Waals surface area contributed by atoms with E-state index in [1.807, 2.05) is 12.3 Å². The minimum atomic E-state index is 0.501. The molecule has 0 amide bonds. The number of rotatable bonds is 4. The fourth-order valence-electron chi connectivity index (χ4n) is 4.04. The molecule has 2 unspecified atom stereocenters. The summed E-state index contributed by atoms with van der Waals surface area (Å²) in [4.78, 5) is 12.1. The van der Waals surface area contributed by atoms with Gasteiger partial charge in [-0.05, 0) is 50.4 Å². The number of pyridine rings is 1. The van der Waals surface area contributed by atoms with E-state index in [0.29, 0.717) is 12.0 Å². The van der Waals surface area contributed by atoms with E-state index < -0.39 is 0 Å². The van der Waals surface area contributed by atoms with Gasteiger partial charge in [0, 0.05) is 38.4 Å². The lowest BCUT2D eigenvalue weighted by atomic mass is 10.0. The molecular formula is C18H26N4O. The Balaban J connectivity index is 1.69.